The van der Waals surface area contributed by atoms with Gasteiger partial charge in [-0.25, -0.2) is 4.79 Å². The number of imide groups is 1. The van der Waals surface area contributed by atoms with Crippen molar-refractivity contribution in [1.29, 1.82) is 0 Å². The molecular weight excluding hydrogens is 406 g/mol. The van der Waals surface area contributed by atoms with E-state index in [1.165, 1.54) is 44.5 Å². The second-order valence-electron chi connectivity index (χ2n) is 7.96. The monoisotopic (exact) mass is 433 g/mol. The summed E-state index contributed by atoms with van der Waals surface area (Å²) >= 11 is 3.21. The molecule has 156 valence electrons. The van der Waals surface area contributed by atoms with Crippen LogP contribution in [0.15, 0.2) is 22.7 Å². The van der Waals surface area contributed by atoms with E-state index in [1.807, 2.05) is 6.07 Å². The molecule has 9 heteroatoms. The van der Waals surface area contributed by atoms with Crippen LogP contribution in [0.5, 0.6) is 0 Å². The van der Waals surface area contributed by atoms with Crippen LogP contribution in [-0.2, 0) is 4.79 Å². The number of fused-ring (bicyclic) bond motifs is 2. The van der Waals surface area contributed by atoms with E-state index in [1.54, 1.807) is 11.3 Å². The standard InChI is InChI=1S/C20H27N5O2S2/c1-12(15-11-13-5-6-14(15)10-13)25-18(16-4-3-8-28-16)23-24-20(25)29-9-7-17(26)22-19(27)21-2/h3-4,8,12-15H,5-7,9-11H2,1-2H3,(H2,21,22,26,27). The van der Waals surface area contributed by atoms with Gasteiger partial charge < -0.3 is 5.32 Å². The number of carbonyl (C=O) groups is 2. The van der Waals surface area contributed by atoms with Gasteiger partial charge in [-0.15, -0.1) is 21.5 Å². The van der Waals surface area contributed by atoms with Crippen molar-refractivity contribution in [3.05, 3.63) is 17.5 Å². The fourth-order valence-electron chi connectivity index (χ4n) is 4.88. The van der Waals surface area contributed by atoms with Crippen LogP contribution in [0.25, 0.3) is 10.7 Å². The van der Waals surface area contributed by atoms with Gasteiger partial charge in [0.2, 0.25) is 5.91 Å². The Kier molecular flexibility index (Phi) is 6.24. The number of thiophene rings is 1. The number of thioether (sulfide) groups is 1. The average Bonchev–Trinajstić information content (AvgIpc) is 3.50. The lowest BCUT2D eigenvalue weighted by atomic mass is 9.84. The molecule has 0 spiro atoms. The summed E-state index contributed by atoms with van der Waals surface area (Å²) in [7, 11) is 1.49. The molecule has 4 unspecified atom stereocenters. The summed E-state index contributed by atoms with van der Waals surface area (Å²) in [5, 5.41) is 16.6. The summed E-state index contributed by atoms with van der Waals surface area (Å²) in [6.45, 7) is 2.30. The predicted octanol–water partition coefficient (Wildman–Crippen LogP) is 3.94. The van der Waals surface area contributed by atoms with E-state index < -0.39 is 6.03 Å². The fourth-order valence-corrected chi connectivity index (χ4v) is 6.55. The minimum atomic E-state index is -0.479. The first-order valence-electron chi connectivity index (χ1n) is 10.2. The van der Waals surface area contributed by atoms with Crippen molar-refractivity contribution >= 4 is 35.0 Å². The number of hydrogen-bond acceptors (Lipinski definition) is 6. The highest BCUT2D eigenvalue weighted by atomic mass is 32.2. The maximum Gasteiger partial charge on any atom is 0.321 e. The van der Waals surface area contributed by atoms with E-state index in [2.05, 4.69) is 43.8 Å². The lowest BCUT2D eigenvalue weighted by molar-refractivity contribution is -0.119. The number of rotatable bonds is 7. The number of hydrogen-bond donors (Lipinski definition) is 2. The molecule has 2 N–H and O–H groups in total. The van der Waals surface area contributed by atoms with Crippen molar-refractivity contribution in [2.75, 3.05) is 12.8 Å². The van der Waals surface area contributed by atoms with Crippen LogP contribution in [0.4, 0.5) is 4.79 Å². The van der Waals surface area contributed by atoms with Crippen LogP contribution < -0.4 is 10.6 Å². The van der Waals surface area contributed by atoms with Crippen molar-refractivity contribution in [3.8, 4) is 10.7 Å². The van der Waals surface area contributed by atoms with Crippen LogP contribution in [0, 0.1) is 17.8 Å². The molecule has 2 heterocycles. The molecule has 0 aromatic carbocycles. The lowest BCUT2D eigenvalue weighted by Gasteiger charge is -2.30. The lowest BCUT2D eigenvalue weighted by Crippen LogP contribution is -2.37. The number of amides is 3. The molecule has 2 bridgehead atoms. The maximum atomic E-state index is 11.9. The molecule has 3 amide bonds. The van der Waals surface area contributed by atoms with Crippen LogP contribution in [0.1, 0.15) is 45.1 Å². The number of nitrogens with one attached hydrogen (secondary N) is 2. The molecule has 4 atom stereocenters. The number of carbonyl (C=O) groups excluding carboxylic acids is 2. The van der Waals surface area contributed by atoms with Crippen molar-refractivity contribution in [2.45, 2.75) is 50.2 Å². The number of urea groups is 1. The van der Waals surface area contributed by atoms with Crippen LogP contribution in [0.3, 0.4) is 0 Å². The number of nitrogens with zero attached hydrogens (tertiary/aromatic N) is 3. The largest absolute Gasteiger partial charge is 0.341 e. The number of aromatic nitrogens is 3. The zero-order valence-electron chi connectivity index (χ0n) is 16.8. The van der Waals surface area contributed by atoms with E-state index >= 15 is 0 Å². The zero-order valence-corrected chi connectivity index (χ0v) is 18.4. The zero-order chi connectivity index (χ0) is 20.4. The average molecular weight is 434 g/mol. The molecule has 0 aliphatic heterocycles. The van der Waals surface area contributed by atoms with Gasteiger partial charge in [0.1, 0.15) is 0 Å². The van der Waals surface area contributed by atoms with Crippen molar-refractivity contribution < 1.29 is 9.59 Å². The van der Waals surface area contributed by atoms with E-state index in [9.17, 15) is 9.59 Å². The van der Waals surface area contributed by atoms with E-state index in [4.69, 9.17) is 0 Å². The molecule has 2 aliphatic carbocycles. The summed E-state index contributed by atoms with van der Waals surface area (Å²) in [4.78, 5) is 24.3. The van der Waals surface area contributed by atoms with Gasteiger partial charge >= 0.3 is 6.03 Å². The van der Waals surface area contributed by atoms with E-state index in [0.717, 1.165) is 27.7 Å². The van der Waals surface area contributed by atoms with Gasteiger partial charge in [0.25, 0.3) is 0 Å². The van der Waals surface area contributed by atoms with E-state index in [0.29, 0.717) is 17.7 Å². The van der Waals surface area contributed by atoms with Crippen molar-refractivity contribution in [3.63, 3.8) is 0 Å². The normalized spacial score (nSPS) is 23.9. The Morgan fingerprint density at radius 2 is 2.21 bits per heavy atom. The Morgan fingerprint density at radius 3 is 2.86 bits per heavy atom. The Labute approximate surface area is 179 Å². The van der Waals surface area contributed by atoms with Gasteiger partial charge in [-0.1, -0.05) is 24.2 Å². The smallest absolute Gasteiger partial charge is 0.321 e. The molecule has 4 rings (SSSR count). The highest BCUT2D eigenvalue weighted by molar-refractivity contribution is 7.99. The quantitative estimate of drug-likeness (QED) is 0.646. The van der Waals surface area contributed by atoms with Crippen LogP contribution in [-0.4, -0.2) is 39.5 Å². The Balaban J connectivity index is 1.50. The third-order valence-corrected chi connectivity index (χ3v) is 8.08. The van der Waals surface area contributed by atoms with Gasteiger partial charge in [-0.05, 0) is 55.4 Å². The van der Waals surface area contributed by atoms with Crippen molar-refractivity contribution in [2.24, 2.45) is 17.8 Å². The minimum Gasteiger partial charge on any atom is -0.341 e. The summed E-state index contributed by atoms with van der Waals surface area (Å²) in [5.41, 5.74) is 0. The van der Waals surface area contributed by atoms with Crippen LogP contribution >= 0.6 is 23.1 Å². The van der Waals surface area contributed by atoms with Gasteiger partial charge in [0.15, 0.2) is 11.0 Å². The molecular formula is C20H27N5O2S2. The highest BCUT2D eigenvalue weighted by Gasteiger charge is 2.43. The topological polar surface area (TPSA) is 88.9 Å². The van der Waals surface area contributed by atoms with Gasteiger partial charge in [-0.3, -0.25) is 14.7 Å². The minimum absolute atomic E-state index is 0.252. The Morgan fingerprint density at radius 1 is 1.34 bits per heavy atom. The van der Waals surface area contributed by atoms with Crippen LogP contribution in [0.2, 0.25) is 0 Å². The second-order valence-corrected chi connectivity index (χ2v) is 9.97. The fraction of sp³-hybridized carbons (Fsp3) is 0.600. The second kappa shape index (κ2) is 8.87. The summed E-state index contributed by atoms with van der Waals surface area (Å²) in [6, 6.07) is 3.98. The summed E-state index contributed by atoms with van der Waals surface area (Å²) in [6.07, 6.45) is 5.65. The third kappa shape index (κ3) is 4.35. The van der Waals surface area contributed by atoms with E-state index in [-0.39, 0.29) is 12.3 Å². The predicted molar refractivity (Wildman–Crippen MR) is 115 cm³/mol. The Hall–Kier alpha value is -1.87. The molecule has 2 saturated carbocycles. The van der Waals surface area contributed by atoms with Crippen molar-refractivity contribution in [1.82, 2.24) is 25.4 Å². The first-order chi connectivity index (χ1) is 14.1. The molecule has 2 aromatic heterocycles. The first kappa shape index (κ1) is 20.4. The molecule has 0 radical (unpaired) electrons. The molecule has 2 aliphatic rings. The Bertz CT molecular complexity index is 866. The highest BCUT2D eigenvalue weighted by Crippen LogP contribution is 2.53. The molecule has 29 heavy (non-hydrogen) atoms. The maximum absolute atomic E-state index is 11.9. The van der Waals surface area contributed by atoms with Gasteiger partial charge in [0.05, 0.1) is 4.88 Å². The molecule has 7 nitrogen and oxygen atoms in total. The molecule has 2 aromatic rings. The molecule has 0 saturated heterocycles. The van der Waals surface area contributed by atoms with Gasteiger partial charge in [-0.2, -0.15) is 0 Å². The SMILES string of the molecule is CNC(=O)NC(=O)CCSc1nnc(-c2cccs2)n1C(C)C1CC2CCC1C2. The summed E-state index contributed by atoms with van der Waals surface area (Å²) in [5.74, 6) is 3.55. The third-order valence-electron chi connectivity index (χ3n) is 6.27. The first-order valence-corrected chi connectivity index (χ1v) is 12.1. The van der Waals surface area contributed by atoms with Gasteiger partial charge in [0, 0.05) is 25.3 Å². The molecule has 2 fully saturated rings. The summed E-state index contributed by atoms with van der Waals surface area (Å²) < 4.78 is 2.29.